The van der Waals surface area contributed by atoms with Gasteiger partial charge in [-0.2, -0.15) is 0 Å². The SMILES string of the molecule is C[C@]12CC[C@@H](O)[C@@](C)(CO)C1CCC1(CO1)C2/C=C/C1=CC(=C\c2cnc(N)nc2)/OC1=O. The van der Waals surface area contributed by atoms with Crippen molar-refractivity contribution in [2.45, 2.75) is 51.2 Å². The highest BCUT2D eigenvalue weighted by Crippen LogP contribution is 2.65. The molecule has 8 heteroatoms. The lowest BCUT2D eigenvalue weighted by Crippen LogP contribution is -2.60. The number of nitrogens with zero attached hydrogens (tertiary/aromatic N) is 2. The number of anilines is 1. The number of hydrogen-bond donors (Lipinski definition) is 3. The molecule has 176 valence electrons. The summed E-state index contributed by atoms with van der Waals surface area (Å²) in [7, 11) is 0. The van der Waals surface area contributed by atoms with Gasteiger partial charge in [-0.3, -0.25) is 0 Å². The number of nitrogens with two attached hydrogens (primary N) is 1. The number of aliphatic hydroxyl groups is 2. The molecule has 3 heterocycles. The van der Waals surface area contributed by atoms with Gasteiger partial charge in [0.25, 0.3) is 0 Å². The largest absolute Gasteiger partial charge is 0.423 e. The monoisotopic (exact) mass is 453 g/mol. The third-order valence-corrected chi connectivity index (χ3v) is 8.51. The Bertz CT molecular complexity index is 1040. The van der Waals surface area contributed by atoms with Gasteiger partial charge in [-0.15, -0.1) is 0 Å². The fraction of sp³-hybridized carbons (Fsp3) is 0.560. The van der Waals surface area contributed by atoms with E-state index in [0.717, 1.165) is 19.3 Å². The number of hydrogen-bond acceptors (Lipinski definition) is 8. The van der Waals surface area contributed by atoms with Gasteiger partial charge in [-0.1, -0.05) is 26.0 Å². The molecule has 1 aromatic heterocycles. The Labute approximate surface area is 193 Å². The summed E-state index contributed by atoms with van der Waals surface area (Å²) in [6, 6.07) is 0. The maximum atomic E-state index is 12.5. The Morgan fingerprint density at radius 1 is 1.24 bits per heavy atom. The smallest absolute Gasteiger partial charge is 0.343 e. The molecule has 0 bridgehead atoms. The molecule has 3 unspecified atom stereocenters. The van der Waals surface area contributed by atoms with Crippen LogP contribution >= 0.6 is 0 Å². The van der Waals surface area contributed by atoms with Gasteiger partial charge in [0.05, 0.1) is 30.5 Å². The second-order valence-corrected chi connectivity index (χ2v) is 10.4. The molecule has 4 N–H and O–H groups in total. The number of carbonyl (C=O) groups is 1. The zero-order valence-corrected chi connectivity index (χ0v) is 19.0. The average molecular weight is 454 g/mol. The number of esters is 1. The highest BCUT2D eigenvalue weighted by molar-refractivity contribution is 5.96. The number of carbonyl (C=O) groups excluding carboxylic acids is 1. The standard InChI is InChI=1S/C25H31N3O5/c1-23-7-6-20(30)24(2,13-29)18(23)5-8-25(14-32-25)19(23)4-3-16-10-17(33-21(16)31)9-15-11-27-22(26)28-12-15/h3-4,9-12,18-20,29-30H,5-8,13-14H2,1-2H3,(H2,26,27,28)/b4-3+,17-9+/t18?,19?,20-,23+,24+,25?/m1/s1. The van der Waals surface area contributed by atoms with Gasteiger partial charge in [0.2, 0.25) is 5.95 Å². The van der Waals surface area contributed by atoms with Crippen LogP contribution in [0.3, 0.4) is 0 Å². The van der Waals surface area contributed by atoms with Crippen molar-refractivity contribution in [2.75, 3.05) is 18.9 Å². The molecule has 5 rings (SSSR count). The van der Waals surface area contributed by atoms with Crippen molar-refractivity contribution in [3.8, 4) is 0 Å². The zero-order valence-electron chi connectivity index (χ0n) is 19.0. The molecule has 33 heavy (non-hydrogen) atoms. The van der Waals surface area contributed by atoms with Gasteiger partial charge in [0.1, 0.15) is 5.76 Å². The van der Waals surface area contributed by atoms with Gasteiger partial charge in [0.15, 0.2) is 0 Å². The number of rotatable bonds is 4. The van der Waals surface area contributed by atoms with Crippen molar-refractivity contribution in [1.82, 2.24) is 9.97 Å². The van der Waals surface area contributed by atoms with E-state index in [1.54, 1.807) is 24.5 Å². The van der Waals surface area contributed by atoms with Crippen LogP contribution in [0, 0.1) is 22.7 Å². The molecule has 1 aromatic rings. The molecule has 1 saturated heterocycles. The van der Waals surface area contributed by atoms with Crippen LogP contribution in [0.15, 0.2) is 42.0 Å². The molecule has 0 radical (unpaired) electrons. The third-order valence-electron chi connectivity index (χ3n) is 8.51. The van der Waals surface area contributed by atoms with Gasteiger partial charge in [-0.25, -0.2) is 14.8 Å². The molecule has 0 amide bonds. The lowest BCUT2D eigenvalue weighted by Gasteiger charge is -2.60. The maximum absolute atomic E-state index is 12.5. The van der Waals surface area contributed by atoms with E-state index in [0.29, 0.717) is 29.9 Å². The average Bonchev–Trinajstić information content (AvgIpc) is 3.47. The number of ether oxygens (including phenoxy) is 2. The van der Waals surface area contributed by atoms with Crippen molar-refractivity contribution >= 4 is 18.0 Å². The van der Waals surface area contributed by atoms with Crippen molar-refractivity contribution in [3.63, 3.8) is 0 Å². The zero-order chi connectivity index (χ0) is 23.4. The van der Waals surface area contributed by atoms with E-state index < -0.39 is 17.5 Å². The Kier molecular flexibility index (Phi) is 5.23. The third kappa shape index (κ3) is 3.61. The van der Waals surface area contributed by atoms with Gasteiger partial charge >= 0.3 is 5.97 Å². The molecule has 1 spiro atoms. The molecule has 3 fully saturated rings. The predicted molar refractivity (Wildman–Crippen MR) is 121 cm³/mol. The summed E-state index contributed by atoms with van der Waals surface area (Å²) in [6.07, 6.45) is 13.2. The van der Waals surface area contributed by atoms with E-state index in [2.05, 4.69) is 23.0 Å². The molecule has 6 atom stereocenters. The highest BCUT2D eigenvalue weighted by Gasteiger charge is 2.66. The Morgan fingerprint density at radius 3 is 2.64 bits per heavy atom. The molecule has 2 aliphatic heterocycles. The van der Waals surface area contributed by atoms with Crippen LogP contribution in [0.2, 0.25) is 0 Å². The van der Waals surface area contributed by atoms with Crippen molar-refractivity contribution in [3.05, 3.63) is 47.5 Å². The van der Waals surface area contributed by atoms with Crippen molar-refractivity contribution in [2.24, 2.45) is 22.7 Å². The van der Waals surface area contributed by atoms with Crippen LogP contribution in [0.5, 0.6) is 0 Å². The summed E-state index contributed by atoms with van der Waals surface area (Å²) in [5.41, 5.74) is 5.77. The number of nitrogen functional groups attached to an aromatic ring is 1. The number of cyclic esters (lactones) is 1. The van der Waals surface area contributed by atoms with E-state index in [4.69, 9.17) is 15.2 Å². The fourth-order valence-corrected chi connectivity index (χ4v) is 6.52. The summed E-state index contributed by atoms with van der Waals surface area (Å²) in [6.45, 7) is 4.91. The quantitative estimate of drug-likeness (QED) is 0.468. The first kappa shape index (κ1) is 22.3. The molecular formula is C25H31N3O5. The highest BCUT2D eigenvalue weighted by atomic mass is 16.6. The number of epoxide rings is 1. The molecular weight excluding hydrogens is 422 g/mol. The van der Waals surface area contributed by atoms with Crippen molar-refractivity contribution in [1.29, 1.82) is 0 Å². The number of allylic oxidation sites excluding steroid dienone is 1. The normalized spacial score (nSPS) is 41.3. The van der Waals surface area contributed by atoms with E-state index >= 15 is 0 Å². The summed E-state index contributed by atoms with van der Waals surface area (Å²) < 4.78 is 11.4. The predicted octanol–water partition coefficient (Wildman–Crippen LogP) is 2.39. The Balaban J connectivity index is 1.43. The first-order valence-corrected chi connectivity index (χ1v) is 11.5. The number of aromatic nitrogens is 2. The summed E-state index contributed by atoms with van der Waals surface area (Å²) >= 11 is 0. The van der Waals surface area contributed by atoms with Crippen molar-refractivity contribution < 1.29 is 24.5 Å². The van der Waals surface area contributed by atoms with Crippen LogP contribution in [0.25, 0.3) is 6.08 Å². The van der Waals surface area contributed by atoms with Gasteiger partial charge in [-0.05, 0) is 49.2 Å². The van der Waals surface area contributed by atoms with Crippen LogP contribution in [0.1, 0.15) is 45.1 Å². The van der Waals surface area contributed by atoms with E-state index in [1.165, 1.54) is 0 Å². The lowest BCUT2D eigenvalue weighted by molar-refractivity contribution is -0.167. The summed E-state index contributed by atoms with van der Waals surface area (Å²) in [5, 5.41) is 20.9. The summed E-state index contributed by atoms with van der Waals surface area (Å²) in [4.78, 5) is 20.4. The topological polar surface area (TPSA) is 131 Å². The van der Waals surface area contributed by atoms with E-state index in [9.17, 15) is 15.0 Å². The van der Waals surface area contributed by atoms with E-state index in [1.807, 2.05) is 13.0 Å². The maximum Gasteiger partial charge on any atom is 0.343 e. The molecule has 2 saturated carbocycles. The van der Waals surface area contributed by atoms with E-state index in [-0.39, 0.29) is 35.4 Å². The second-order valence-electron chi connectivity index (χ2n) is 10.4. The Morgan fingerprint density at radius 2 is 1.97 bits per heavy atom. The molecule has 4 aliphatic rings. The molecule has 8 nitrogen and oxygen atoms in total. The molecule has 0 aromatic carbocycles. The summed E-state index contributed by atoms with van der Waals surface area (Å²) in [5.74, 6) is 0.439. The van der Waals surface area contributed by atoms with Gasteiger partial charge < -0.3 is 25.4 Å². The van der Waals surface area contributed by atoms with Gasteiger partial charge in [0, 0.05) is 29.3 Å². The van der Waals surface area contributed by atoms with Crippen LogP contribution in [-0.4, -0.2) is 51.1 Å². The minimum Gasteiger partial charge on any atom is -0.423 e. The minimum atomic E-state index is -0.543. The van der Waals surface area contributed by atoms with Crippen LogP contribution < -0.4 is 5.73 Å². The molecule has 2 aliphatic carbocycles. The second kappa shape index (κ2) is 7.75. The number of fused-ring (bicyclic) bond motifs is 1. The van der Waals surface area contributed by atoms with Crippen LogP contribution in [-0.2, 0) is 14.3 Å². The lowest BCUT2D eigenvalue weighted by atomic mass is 9.45. The first-order valence-electron chi connectivity index (χ1n) is 11.5. The Hall–Kier alpha value is -2.55. The van der Waals surface area contributed by atoms with Crippen LogP contribution in [0.4, 0.5) is 5.95 Å². The first-order chi connectivity index (χ1) is 15.7. The minimum absolute atomic E-state index is 0.0425. The number of aliphatic hydroxyl groups excluding tert-OH is 2. The fourth-order valence-electron chi connectivity index (χ4n) is 6.52.